The molecule has 1 aliphatic rings. The Bertz CT molecular complexity index is 2010. The smallest absolute Gasteiger partial charge is 0.276 e. The molecule has 0 unspecified atom stereocenters. The number of hydrogen-bond acceptors (Lipinski definition) is 11. The number of carbonyl (C=O) groups excluding carboxylic acids is 1. The van der Waals surface area contributed by atoms with Crippen molar-refractivity contribution in [2.24, 2.45) is 5.10 Å². The van der Waals surface area contributed by atoms with Crippen LogP contribution in [-0.2, 0) is 31.6 Å². The second-order valence-electron chi connectivity index (χ2n) is 10.7. The number of nitrogens with zero attached hydrogens (tertiary/aromatic N) is 3. The third kappa shape index (κ3) is 10.7. The zero-order valence-electron chi connectivity index (χ0n) is 26.1. The number of aromatic nitrogens is 2. The number of ether oxygens (including phenoxy) is 2. The Morgan fingerprint density at radius 2 is 1.39 bits per heavy atom. The number of nitrogens with one attached hydrogen (secondary N) is 1. The molecule has 1 aromatic heterocycles. The molecule has 0 saturated carbocycles. The van der Waals surface area contributed by atoms with Gasteiger partial charge in [0.1, 0.15) is 17.2 Å². The molecule has 0 bridgehead atoms. The number of rotatable bonds is 18. The molecular weight excluding hydrogens is 684 g/mol. The van der Waals surface area contributed by atoms with E-state index in [2.05, 4.69) is 10.2 Å². The van der Waals surface area contributed by atoms with Gasteiger partial charge in [0, 0.05) is 11.1 Å². The van der Waals surface area contributed by atoms with Crippen molar-refractivity contribution >= 4 is 37.9 Å². The van der Waals surface area contributed by atoms with Gasteiger partial charge in [0.05, 0.1) is 67.9 Å². The van der Waals surface area contributed by atoms with Gasteiger partial charge in [-0.2, -0.15) is 21.9 Å². The van der Waals surface area contributed by atoms with Crippen LogP contribution in [0.5, 0.6) is 11.5 Å². The zero-order chi connectivity index (χ0) is 35.6. The highest BCUT2D eigenvalue weighted by atomic mass is 32.2. The Morgan fingerprint density at radius 1 is 0.816 bits per heavy atom. The first kappa shape index (κ1) is 37.2. The van der Waals surface area contributed by atoms with E-state index < -0.39 is 43.2 Å². The fraction of sp³-hybridized carbons (Fsp3) is 0.323. The van der Waals surface area contributed by atoms with Gasteiger partial charge in [0.15, 0.2) is 0 Å². The first-order valence-electron chi connectivity index (χ1n) is 15.0. The third-order valence-corrected chi connectivity index (χ3v) is 8.56. The summed E-state index contributed by atoms with van der Waals surface area (Å²) in [6.07, 6.45) is 4.57. The second-order valence-corrected chi connectivity index (χ2v) is 13.8. The summed E-state index contributed by atoms with van der Waals surface area (Å²) in [5, 5.41) is 27.4. The van der Waals surface area contributed by atoms with Gasteiger partial charge in [-0.15, -0.1) is 0 Å². The van der Waals surface area contributed by atoms with Gasteiger partial charge in [0.25, 0.3) is 31.7 Å². The predicted octanol–water partition coefficient (Wildman–Crippen LogP) is 1.33. The topological polar surface area (TPSA) is 238 Å². The maximum absolute atomic E-state index is 13.3. The van der Waals surface area contributed by atoms with Crippen molar-refractivity contribution in [3.05, 3.63) is 87.7 Å². The summed E-state index contributed by atoms with van der Waals surface area (Å²) in [5.74, 6) is -0.675. The molecule has 264 valence electrons. The van der Waals surface area contributed by atoms with Crippen LogP contribution in [0.3, 0.4) is 0 Å². The van der Waals surface area contributed by atoms with Crippen LogP contribution >= 0.6 is 0 Å². The van der Waals surface area contributed by atoms with Gasteiger partial charge >= 0.3 is 0 Å². The predicted molar refractivity (Wildman–Crippen MR) is 180 cm³/mol. The van der Waals surface area contributed by atoms with Crippen LogP contribution in [-0.4, -0.2) is 107 Å². The minimum absolute atomic E-state index is 0.00655. The molecule has 16 nitrogen and oxygen atoms in total. The first-order chi connectivity index (χ1) is 23.3. The molecule has 2 heterocycles. The molecule has 0 spiro atoms. The molecule has 4 rings (SSSR count). The number of hydrogen-bond donors (Lipinski definition) is 5. The molecular formula is C31H36N4O12S2. The van der Waals surface area contributed by atoms with E-state index in [1.54, 1.807) is 48.5 Å². The molecule has 5 N–H and O–H groups in total. The summed E-state index contributed by atoms with van der Waals surface area (Å²) in [6, 6.07) is 13.2. The number of aliphatic hydroxyl groups excluding tert-OH is 2. The van der Waals surface area contributed by atoms with Gasteiger partial charge in [-0.3, -0.25) is 23.8 Å². The Hall–Kier alpha value is -4.59. The van der Waals surface area contributed by atoms with E-state index in [0.717, 1.165) is 5.01 Å². The highest BCUT2D eigenvalue weighted by molar-refractivity contribution is 7.86. The summed E-state index contributed by atoms with van der Waals surface area (Å²) < 4.78 is 74.2. The Balaban J connectivity index is 1.62. The van der Waals surface area contributed by atoms with Crippen LogP contribution in [0.2, 0.25) is 0 Å². The van der Waals surface area contributed by atoms with Crippen molar-refractivity contribution in [3.8, 4) is 22.8 Å². The fourth-order valence-corrected chi connectivity index (χ4v) is 5.74. The van der Waals surface area contributed by atoms with E-state index in [4.69, 9.17) is 18.6 Å². The molecule has 18 heteroatoms. The molecule has 0 fully saturated rings. The Labute approximate surface area is 282 Å². The van der Waals surface area contributed by atoms with Gasteiger partial charge in [-0.1, -0.05) is 30.3 Å². The molecule has 1 amide bonds. The number of amides is 1. The van der Waals surface area contributed by atoms with Gasteiger partial charge in [-0.25, -0.2) is 9.69 Å². The average Bonchev–Trinajstić information content (AvgIpc) is 3.52. The van der Waals surface area contributed by atoms with E-state index >= 15 is 0 Å². The molecule has 49 heavy (non-hydrogen) atoms. The van der Waals surface area contributed by atoms with Crippen LogP contribution in [0.1, 0.15) is 24.0 Å². The summed E-state index contributed by atoms with van der Waals surface area (Å²) in [6.45, 7) is -0.735. The largest absolute Gasteiger partial charge is 0.494 e. The fourth-order valence-electron chi connectivity index (χ4n) is 4.78. The number of hydrazone groups is 1. The van der Waals surface area contributed by atoms with Crippen LogP contribution in [0.15, 0.2) is 76.2 Å². The summed E-state index contributed by atoms with van der Waals surface area (Å²) in [7, 11) is -8.25. The number of aliphatic hydroxyl groups is 2. The molecule has 2 aromatic carbocycles. The number of allylic oxidation sites excluding steroid dienone is 2. The van der Waals surface area contributed by atoms with E-state index in [1.807, 2.05) is 0 Å². The Morgan fingerprint density at radius 3 is 1.96 bits per heavy atom. The molecule has 1 aliphatic heterocycles. The summed E-state index contributed by atoms with van der Waals surface area (Å²) in [5.41, 5.74) is 1.56. The van der Waals surface area contributed by atoms with Crippen LogP contribution in [0, 0.1) is 0 Å². The lowest BCUT2D eigenvalue weighted by molar-refractivity contribution is -0.126. The highest BCUT2D eigenvalue weighted by Gasteiger charge is 2.30. The third-order valence-electron chi connectivity index (χ3n) is 6.95. The standard InChI is InChI=1S/C31H36N4O12S2/c36-14-12-34-30(38)26(28(32-34)22-6-1-8-24(20-22)46-16-4-18-48(40,41)42)10-3-11-27-29(33-35(13-15-37)31(27)39)23-7-2-9-25(21-23)47-17-5-19-49(43,44)45/h1-3,6-11,20-21,32,36-37H,4-5,12-19H2,(H,40,41,42)(H,43,44,45). The SMILES string of the molecule is O=C1C(=CC=Cc2c(-c3cccc(OCCCS(=O)(=O)O)c3)[nH]n(CCO)c2=O)C(c2cccc(OCCCS(=O)(=O)O)c2)=NN1CCO. The van der Waals surface area contributed by atoms with Crippen molar-refractivity contribution in [2.45, 2.75) is 19.4 Å². The minimum Gasteiger partial charge on any atom is -0.494 e. The number of carbonyl (C=O) groups is 1. The molecule has 0 radical (unpaired) electrons. The lowest BCUT2D eigenvalue weighted by Gasteiger charge is -2.08. The van der Waals surface area contributed by atoms with Crippen LogP contribution in [0.25, 0.3) is 17.3 Å². The van der Waals surface area contributed by atoms with E-state index in [9.17, 15) is 36.6 Å². The number of benzene rings is 2. The van der Waals surface area contributed by atoms with E-state index in [-0.39, 0.29) is 69.2 Å². The summed E-state index contributed by atoms with van der Waals surface area (Å²) >= 11 is 0. The van der Waals surface area contributed by atoms with Crippen molar-refractivity contribution < 1.29 is 50.4 Å². The van der Waals surface area contributed by atoms with Gasteiger partial charge in [-0.05, 0) is 49.3 Å². The first-order valence-corrected chi connectivity index (χ1v) is 18.2. The quantitative estimate of drug-likeness (QED) is 0.0711. The number of H-pyrrole nitrogens is 1. The number of β-amino-alcohol motifs (C(OH)–C–C–N with tert-alkyl or cyclic N) is 1. The van der Waals surface area contributed by atoms with Gasteiger partial charge in [0.2, 0.25) is 0 Å². The normalized spacial score (nSPS) is 14.6. The van der Waals surface area contributed by atoms with Gasteiger partial charge < -0.3 is 19.7 Å². The zero-order valence-corrected chi connectivity index (χ0v) is 27.8. The maximum Gasteiger partial charge on any atom is 0.276 e. The van der Waals surface area contributed by atoms with Crippen molar-refractivity contribution in [2.75, 3.05) is 44.5 Å². The second kappa shape index (κ2) is 16.7. The minimum atomic E-state index is -4.13. The molecule has 0 saturated heterocycles. The van der Waals surface area contributed by atoms with Crippen LogP contribution in [0.4, 0.5) is 0 Å². The molecule has 0 atom stereocenters. The lowest BCUT2D eigenvalue weighted by Crippen LogP contribution is -2.25. The van der Waals surface area contributed by atoms with Crippen molar-refractivity contribution in [1.82, 2.24) is 14.8 Å². The maximum atomic E-state index is 13.3. The summed E-state index contributed by atoms with van der Waals surface area (Å²) in [4.78, 5) is 26.6. The van der Waals surface area contributed by atoms with Crippen molar-refractivity contribution in [3.63, 3.8) is 0 Å². The molecule has 3 aromatic rings. The molecule has 0 aliphatic carbocycles. The monoisotopic (exact) mass is 720 g/mol. The van der Waals surface area contributed by atoms with E-state index in [0.29, 0.717) is 28.3 Å². The number of aromatic amines is 1. The van der Waals surface area contributed by atoms with E-state index in [1.165, 1.54) is 22.9 Å². The average molecular weight is 721 g/mol. The lowest BCUT2D eigenvalue weighted by atomic mass is 10.0. The van der Waals surface area contributed by atoms with Crippen LogP contribution < -0.4 is 15.0 Å². The van der Waals surface area contributed by atoms with Crippen molar-refractivity contribution in [1.29, 1.82) is 0 Å². The highest BCUT2D eigenvalue weighted by Crippen LogP contribution is 2.27. The Kier molecular flexibility index (Phi) is 12.7.